The molecule has 0 saturated carbocycles. The summed E-state index contributed by atoms with van der Waals surface area (Å²) in [7, 11) is 0. The van der Waals surface area contributed by atoms with Crippen molar-refractivity contribution in [2.75, 3.05) is 13.1 Å². The van der Waals surface area contributed by atoms with Gasteiger partial charge < -0.3 is 4.90 Å². The van der Waals surface area contributed by atoms with Gasteiger partial charge in [-0.3, -0.25) is 9.78 Å². The third-order valence-corrected chi connectivity index (χ3v) is 5.22. The van der Waals surface area contributed by atoms with Gasteiger partial charge in [0.1, 0.15) is 5.69 Å². The van der Waals surface area contributed by atoms with Crippen molar-refractivity contribution in [3.8, 4) is 0 Å². The van der Waals surface area contributed by atoms with Crippen molar-refractivity contribution < 1.29 is 4.79 Å². The van der Waals surface area contributed by atoms with Gasteiger partial charge >= 0.3 is 0 Å². The zero-order valence-electron chi connectivity index (χ0n) is 14.4. The molecule has 1 fully saturated rings. The molecule has 4 nitrogen and oxygen atoms in total. The Morgan fingerprint density at radius 2 is 1.81 bits per heavy atom. The van der Waals surface area contributed by atoms with Crippen LogP contribution in [-0.4, -0.2) is 33.9 Å². The van der Waals surface area contributed by atoms with E-state index in [0.29, 0.717) is 18.2 Å². The van der Waals surface area contributed by atoms with Crippen LogP contribution in [0.4, 0.5) is 0 Å². The molecular formula is C21H20ClN3O. The highest BCUT2D eigenvalue weighted by Gasteiger charge is 2.25. The summed E-state index contributed by atoms with van der Waals surface area (Å²) in [5, 5.41) is 0.738. The number of halogens is 1. The van der Waals surface area contributed by atoms with Gasteiger partial charge in [-0.1, -0.05) is 42.3 Å². The lowest BCUT2D eigenvalue weighted by Gasteiger charge is -2.24. The Morgan fingerprint density at radius 3 is 2.62 bits per heavy atom. The molecule has 132 valence electrons. The van der Waals surface area contributed by atoms with Crippen LogP contribution in [0.15, 0.2) is 54.7 Å². The number of hydrogen-bond donors (Lipinski definition) is 0. The minimum absolute atomic E-state index is 0.0379. The Kier molecular flexibility index (Phi) is 4.85. The maximum absolute atomic E-state index is 13.0. The molecule has 4 rings (SSSR count). The monoisotopic (exact) mass is 365 g/mol. The number of likely N-dealkylation sites (tertiary alicyclic amines) is 1. The summed E-state index contributed by atoms with van der Waals surface area (Å²) in [6, 6.07) is 15.6. The highest BCUT2D eigenvalue weighted by molar-refractivity contribution is 6.30. The molecule has 1 unspecified atom stereocenters. The molecule has 2 aromatic carbocycles. The second-order valence-electron chi connectivity index (χ2n) is 6.74. The van der Waals surface area contributed by atoms with E-state index in [2.05, 4.69) is 22.1 Å². The summed E-state index contributed by atoms with van der Waals surface area (Å²) in [6.45, 7) is 1.46. The van der Waals surface area contributed by atoms with E-state index in [1.54, 1.807) is 6.20 Å². The third kappa shape index (κ3) is 3.56. The SMILES string of the molecule is O=C(c1cnc2ccccc2n1)N1CCCCC(c2ccc(Cl)cc2)C1. The van der Waals surface area contributed by atoms with Crippen LogP contribution >= 0.6 is 11.6 Å². The number of benzene rings is 2. The molecule has 1 amide bonds. The predicted octanol–water partition coefficient (Wildman–Crippen LogP) is 4.69. The summed E-state index contributed by atoms with van der Waals surface area (Å²) < 4.78 is 0. The Labute approximate surface area is 157 Å². The lowest BCUT2D eigenvalue weighted by Crippen LogP contribution is -2.34. The molecule has 0 aliphatic carbocycles. The van der Waals surface area contributed by atoms with E-state index in [-0.39, 0.29) is 5.91 Å². The zero-order chi connectivity index (χ0) is 17.9. The average Bonchev–Trinajstić information content (AvgIpc) is 2.94. The first-order chi connectivity index (χ1) is 12.7. The first-order valence-electron chi connectivity index (χ1n) is 8.97. The van der Waals surface area contributed by atoms with Gasteiger partial charge in [-0.05, 0) is 42.7 Å². The molecule has 1 saturated heterocycles. The number of para-hydroxylation sites is 2. The first-order valence-corrected chi connectivity index (χ1v) is 9.35. The summed E-state index contributed by atoms with van der Waals surface area (Å²) in [5.41, 5.74) is 3.21. The second-order valence-corrected chi connectivity index (χ2v) is 7.18. The first kappa shape index (κ1) is 17.0. The zero-order valence-corrected chi connectivity index (χ0v) is 15.2. The number of fused-ring (bicyclic) bond motifs is 1. The van der Waals surface area contributed by atoms with Crippen LogP contribution in [0, 0.1) is 0 Å². The third-order valence-electron chi connectivity index (χ3n) is 4.97. The van der Waals surface area contributed by atoms with Gasteiger partial charge in [0.25, 0.3) is 5.91 Å². The van der Waals surface area contributed by atoms with Crippen LogP contribution in [0.5, 0.6) is 0 Å². The van der Waals surface area contributed by atoms with E-state index in [9.17, 15) is 4.79 Å². The Bertz CT molecular complexity index is 926. The largest absolute Gasteiger partial charge is 0.337 e. The highest BCUT2D eigenvalue weighted by atomic mass is 35.5. The molecule has 1 atom stereocenters. The second kappa shape index (κ2) is 7.42. The smallest absolute Gasteiger partial charge is 0.274 e. The summed E-state index contributed by atoms with van der Waals surface area (Å²) in [4.78, 5) is 23.9. The quantitative estimate of drug-likeness (QED) is 0.661. The van der Waals surface area contributed by atoms with Crippen molar-refractivity contribution in [2.45, 2.75) is 25.2 Å². The fourth-order valence-electron chi connectivity index (χ4n) is 3.56. The van der Waals surface area contributed by atoms with Crippen LogP contribution < -0.4 is 0 Å². The molecule has 3 aromatic rings. The normalized spacial score (nSPS) is 17.9. The van der Waals surface area contributed by atoms with E-state index in [1.807, 2.05) is 41.3 Å². The van der Waals surface area contributed by atoms with Gasteiger partial charge in [0, 0.05) is 24.0 Å². The van der Waals surface area contributed by atoms with Crippen LogP contribution in [0.25, 0.3) is 11.0 Å². The van der Waals surface area contributed by atoms with E-state index < -0.39 is 0 Å². The molecule has 5 heteroatoms. The standard InChI is InChI=1S/C21H20ClN3O/c22-17-10-8-15(9-11-17)16-5-3-4-12-25(14-16)21(26)20-13-23-18-6-1-2-7-19(18)24-20/h1-2,6-11,13,16H,3-5,12,14H2. The van der Waals surface area contributed by atoms with Crippen molar-refractivity contribution in [2.24, 2.45) is 0 Å². The van der Waals surface area contributed by atoms with Crippen LogP contribution in [0.1, 0.15) is 41.2 Å². The molecule has 0 N–H and O–H groups in total. The Balaban J connectivity index is 1.58. The lowest BCUT2D eigenvalue weighted by atomic mass is 9.94. The average molecular weight is 366 g/mol. The van der Waals surface area contributed by atoms with Crippen molar-refractivity contribution >= 4 is 28.5 Å². The minimum Gasteiger partial charge on any atom is -0.337 e. The molecule has 1 aliphatic heterocycles. The van der Waals surface area contributed by atoms with Crippen molar-refractivity contribution in [3.63, 3.8) is 0 Å². The predicted molar refractivity (Wildman–Crippen MR) is 103 cm³/mol. The number of hydrogen-bond acceptors (Lipinski definition) is 3. The maximum atomic E-state index is 13.0. The summed E-state index contributed by atoms with van der Waals surface area (Å²) >= 11 is 6.01. The minimum atomic E-state index is -0.0379. The van der Waals surface area contributed by atoms with Crippen molar-refractivity contribution in [1.82, 2.24) is 14.9 Å². The number of carbonyl (C=O) groups excluding carboxylic acids is 1. The molecule has 1 aliphatic rings. The van der Waals surface area contributed by atoms with Gasteiger partial charge in [0.15, 0.2) is 0 Å². The highest BCUT2D eigenvalue weighted by Crippen LogP contribution is 2.28. The Hall–Kier alpha value is -2.46. The van der Waals surface area contributed by atoms with Gasteiger partial charge in [0.2, 0.25) is 0 Å². The molecule has 1 aromatic heterocycles. The van der Waals surface area contributed by atoms with Crippen LogP contribution in [-0.2, 0) is 0 Å². The maximum Gasteiger partial charge on any atom is 0.274 e. The van der Waals surface area contributed by atoms with Gasteiger partial charge in [-0.2, -0.15) is 0 Å². The van der Waals surface area contributed by atoms with E-state index >= 15 is 0 Å². The fraction of sp³-hybridized carbons (Fsp3) is 0.286. The topological polar surface area (TPSA) is 46.1 Å². The van der Waals surface area contributed by atoms with E-state index in [1.165, 1.54) is 5.56 Å². The molecule has 0 bridgehead atoms. The van der Waals surface area contributed by atoms with Crippen LogP contribution in [0.2, 0.25) is 5.02 Å². The summed E-state index contributed by atoms with van der Waals surface area (Å²) in [6.07, 6.45) is 4.79. The molecule has 0 spiro atoms. The van der Waals surface area contributed by atoms with Crippen LogP contribution in [0.3, 0.4) is 0 Å². The number of amides is 1. The molecule has 2 heterocycles. The fourth-order valence-corrected chi connectivity index (χ4v) is 3.68. The summed E-state index contributed by atoms with van der Waals surface area (Å²) in [5.74, 6) is 0.288. The number of rotatable bonds is 2. The van der Waals surface area contributed by atoms with Gasteiger partial charge in [0.05, 0.1) is 17.2 Å². The Morgan fingerprint density at radius 1 is 1.04 bits per heavy atom. The number of nitrogens with zero attached hydrogens (tertiary/aromatic N) is 3. The van der Waals surface area contributed by atoms with E-state index in [4.69, 9.17) is 11.6 Å². The van der Waals surface area contributed by atoms with E-state index in [0.717, 1.165) is 41.9 Å². The molecule has 0 radical (unpaired) electrons. The molecular weight excluding hydrogens is 346 g/mol. The van der Waals surface area contributed by atoms with Crippen molar-refractivity contribution in [1.29, 1.82) is 0 Å². The van der Waals surface area contributed by atoms with Crippen molar-refractivity contribution in [3.05, 3.63) is 71.0 Å². The van der Waals surface area contributed by atoms with Gasteiger partial charge in [-0.25, -0.2) is 4.98 Å². The lowest BCUT2D eigenvalue weighted by molar-refractivity contribution is 0.0748. The van der Waals surface area contributed by atoms with Gasteiger partial charge in [-0.15, -0.1) is 0 Å². The number of aromatic nitrogens is 2. The molecule has 26 heavy (non-hydrogen) atoms. The number of carbonyl (C=O) groups is 1.